The van der Waals surface area contributed by atoms with Gasteiger partial charge in [0.05, 0.1) is 0 Å². The summed E-state index contributed by atoms with van der Waals surface area (Å²) in [5.41, 5.74) is 2.28. The summed E-state index contributed by atoms with van der Waals surface area (Å²) >= 11 is 0. The van der Waals surface area contributed by atoms with Gasteiger partial charge in [0, 0.05) is 24.7 Å². The SMILES string of the molecule is O=C1CCCCC1c1ccc(C2CCCCC2=O)cc1. The predicted octanol–water partition coefficient (Wildman–Crippen LogP) is 4.14. The van der Waals surface area contributed by atoms with E-state index in [1.165, 1.54) is 0 Å². The Morgan fingerprint density at radius 3 is 1.40 bits per heavy atom. The highest BCUT2D eigenvalue weighted by molar-refractivity contribution is 5.87. The number of Topliss-reactive ketones (excluding diaryl/α,β-unsaturated/α-hetero) is 2. The third kappa shape index (κ3) is 2.70. The molecule has 2 heteroatoms. The number of ketones is 2. The van der Waals surface area contributed by atoms with Crippen LogP contribution in [-0.4, -0.2) is 11.6 Å². The first kappa shape index (κ1) is 13.5. The lowest BCUT2D eigenvalue weighted by Crippen LogP contribution is -2.18. The largest absolute Gasteiger partial charge is 0.299 e. The average molecular weight is 270 g/mol. The zero-order valence-corrected chi connectivity index (χ0v) is 11.9. The van der Waals surface area contributed by atoms with Crippen molar-refractivity contribution in [3.63, 3.8) is 0 Å². The summed E-state index contributed by atoms with van der Waals surface area (Å²) in [6.45, 7) is 0. The second-order valence-electron chi connectivity index (χ2n) is 6.20. The zero-order valence-electron chi connectivity index (χ0n) is 11.9. The van der Waals surface area contributed by atoms with Crippen LogP contribution in [-0.2, 0) is 9.59 Å². The molecule has 2 saturated carbocycles. The smallest absolute Gasteiger partial charge is 0.140 e. The Hall–Kier alpha value is -1.44. The fourth-order valence-corrected chi connectivity index (χ4v) is 3.63. The first-order chi connectivity index (χ1) is 9.75. The van der Waals surface area contributed by atoms with Gasteiger partial charge in [-0.2, -0.15) is 0 Å². The molecule has 2 atom stereocenters. The lowest BCUT2D eigenvalue weighted by molar-refractivity contribution is -0.122. The molecule has 0 radical (unpaired) electrons. The minimum Gasteiger partial charge on any atom is -0.299 e. The molecule has 1 aromatic carbocycles. The fourth-order valence-electron chi connectivity index (χ4n) is 3.63. The quantitative estimate of drug-likeness (QED) is 0.809. The first-order valence-electron chi connectivity index (χ1n) is 7.91. The van der Waals surface area contributed by atoms with Gasteiger partial charge in [-0.15, -0.1) is 0 Å². The normalized spacial score (nSPS) is 27.6. The highest BCUT2D eigenvalue weighted by atomic mass is 16.1. The second-order valence-corrected chi connectivity index (χ2v) is 6.20. The zero-order chi connectivity index (χ0) is 13.9. The Bertz CT molecular complexity index is 454. The van der Waals surface area contributed by atoms with Gasteiger partial charge in [0.1, 0.15) is 11.6 Å². The Morgan fingerprint density at radius 1 is 0.650 bits per heavy atom. The molecular formula is C18H22O2. The van der Waals surface area contributed by atoms with E-state index in [1.54, 1.807) is 0 Å². The predicted molar refractivity (Wildman–Crippen MR) is 78.9 cm³/mol. The molecule has 2 fully saturated rings. The maximum Gasteiger partial charge on any atom is 0.140 e. The molecule has 0 saturated heterocycles. The summed E-state index contributed by atoms with van der Waals surface area (Å²) in [4.78, 5) is 24.0. The van der Waals surface area contributed by atoms with Crippen molar-refractivity contribution >= 4 is 11.6 Å². The van der Waals surface area contributed by atoms with E-state index in [2.05, 4.69) is 24.3 Å². The molecule has 0 amide bonds. The molecule has 0 spiro atoms. The molecule has 0 heterocycles. The van der Waals surface area contributed by atoms with E-state index in [1.807, 2.05) is 0 Å². The Balaban J connectivity index is 1.77. The van der Waals surface area contributed by atoms with Gasteiger partial charge in [0.25, 0.3) is 0 Å². The second kappa shape index (κ2) is 5.90. The fraction of sp³-hybridized carbons (Fsp3) is 0.556. The van der Waals surface area contributed by atoms with Crippen molar-refractivity contribution in [3.05, 3.63) is 35.4 Å². The molecule has 20 heavy (non-hydrogen) atoms. The van der Waals surface area contributed by atoms with Crippen LogP contribution < -0.4 is 0 Å². The van der Waals surface area contributed by atoms with Gasteiger partial charge < -0.3 is 0 Å². The molecule has 2 nitrogen and oxygen atoms in total. The van der Waals surface area contributed by atoms with Crippen LogP contribution in [0, 0.1) is 0 Å². The van der Waals surface area contributed by atoms with Crippen molar-refractivity contribution in [2.45, 2.75) is 63.2 Å². The summed E-state index contributed by atoms with van der Waals surface area (Å²) in [6, 6.07) is 8.30. The molecule has 2 unspecified atom stereocenters. The third-order valence-corrected chi connectivity index (χ3v) is 4.85. The third-order valence-electron chi connectivity index (χ3n) is 4.85. The van der Waals surface area contributed by atoms with Crippen LogP contribution in [0.1, 0.15) is 74.3 Å². The van der Waals surface area contributed by atoms with E-state index >= 15 is 0 Å². The van der Waals surface area contributed by atoms with Crippen molar-refractivity contribution in [1.29, 1.82) is 0 Å². The summed E-state index contributed by atoms with van der Waals surface area (Å²) < 4.78 is 0. The molecule has 0 aliphatic heterocycles. The average Bonchev–Trinajstić information content (AvgIpc) is 2.49. The number of carbonyl (C=O) groups is 2. The molecular weight excluding hydrogens is 248 g/mol. The monoisotopic (exact) mass is 270 g/mol. The minimum atomic E-state index is 0.0971. The van der Waals surface area contributed by atoms with Crippen molar-refractivity contribution in [3.8, 4) is 0 Å². The van der Waals surface area contributed by atoms with E-state index in [9.17, 15) is 9.59 Å². The van der Waals surface area contributed by atoms with Crippen molar-refractivity contribution in [1.82, 2.24) is 0 Å². The summed E-state index contributed by atoms with van der Waals surface area (Å²) in [5, 5.41) is 0. The van der Waals surface area contributed by atoms with Crippen LogP contribution in [0.5, 0.6) is 0 Å². The van der Waals surface area contributed by atoms with Crippen LogP contribution >= 0.6 is 0 Å². The Kier molecular flexibility index (Phi) is 4.00. The van der Waals surface area contributed by atoms with E-state index in [0.29, 0.717) is 11.6 Å². The van der Waals surface area contributed by atoms with Crippen LogP contribution in [0.25, 0.3) is 0 Å². The Morgan fingerprint density at radius 2 is 1.05 bits per heavy atom. The van der Waals surface area contributed by atoms with E-state index in [0.717, 1.165) is 62.5 Å². The highest BCUT2D eigenvalue weighted by Gasteiger charge is 2.26. The number of hydrogen-bond donors (Lipinski definition) is 0. The number of benzene rings is 1. The van der Waals surface area contributed by atoms with Gasteiger partial charge in [0.15, 0.2) is 0 Å². The summed E-state index contributed by atoms with van der Waals surface area (Å²) in [7, 11) is 0. The van der Waals surface area contributed by atoms with Gasteiger partial charge >= 0.3 is 0 Å². The van der Waals surface area contributed by atoms with E-state index < -0.39 is 0 Å². The van der Waals surface area contributed by atoms with E-state index in [-0.39, 0.29) is 11.8 Å². The lowest BCUT2D eigenvalue weighted by Gasteiger charge is -2.23. The number of carbonyl (C=O) groups excluding carboxylic acids is 2. The van der Waals surface area contributed by atoms with Crippen LogP contribution in [0.2, 0.25) is 0 Å². The van der Waals surface area contributed by atoms with Crippen LogP contribution in [0.15, 0.2) is 24.3 Å². The van der Waals surface area contributed by atoms with Crippen molar-refractivity contribution in [2.24, 2.45) is 0 Å². The van der Waals surface area contributed by atoms with Crippen LogP contribution in [0.3, 0.4) is 0 Å². The number of rotatable bonds is 2. The van der Waals surface area contributed by atoms with Crippen molar-refractivity contribution < 1.29 is 9.59 Å². The maximum atomic E-state index is 12.0. The highest BCUT2D eigenvalue weighted by Crippen LogP contribution is 2.33. The molecule has 1 aromatic rings. The van der Waals surface area contributed by atoms with Crippen molar-refractivity contribution in [2.75, 3.05) is 0 Å². The summed E-state index contributed by atoms with van der Waals surface area (Å²) in [5.74, 6) is 0.968. The number of hydrogen-bond acceptors (Lipinski definition) is 2. The molecule has 2 aliphatic rings. The molecule has 0 N–H and O–H groups in total. The topological polar surface area (TPSA) is 34.1 Å². The molecule has 3 rings (SSSR count). The van der Waals surface area contributed by atoms with Gasteiger partial charge in [-0.1, -0.05) is 37.1 Å². The van der Waals surface area contributed by atoms with Gasteiger partial charge in [-0.3, -0.25) is 9.59 Å². The first-order valence-corrected chi connectivity index (χ1v) is 7.91. The molecule has 106 valence electrons. The molecule has 0 bridgehead atoms. The van der Waals surface area contributed by atoms with Gasteiger partial charge in [-0.25, -0.2) is 0 Å². The molecule has 2 aliphatic carbocycles. The van der Waals surface area contributed by atoms with Gasteiger partial charge in [-0.05, 0) is 36.8 Å². The summed E-state index contributed by atoms with van der Waals surface area (Å²) in [6.07, 6.45) is 7.83. The minimum absolute atomic E-state index is 0.0971. The van der Waals surface area contributed by atoms with E-state index in [4.69, 9.17) is 0 Å². The Labute approximate surface area is 120 Å². The maximum absolute atomic E-state index is 12.0. The molecule has 0 aromatic heterocycles. The lowest BCUT2D eigenvalue weighted by atomic mass is 9.80. The van der Waals surface area contributed by atoms with Gasteiger partial charge in [0.2, 0.25) is 0 Å². The standard InChI is InChI=1S/C18H22O2/c19-17-7-3-1-5-15(17)13-9-11-14(12-10-13)16-6-2-4-8-18(16)20/h9-12,15-16H,1-8H2. The van der Waals surface area contributed by atoms with Crippen LogP contribution in [0.4, 0.5) is 0 Å².